The van der Waals surface area contributed by atoms with Crippen LogP contribution in [0.15, 0.2) is 36.8 Å². The van der Waals surface area contributed by atoms with Gasteiger partial charge < -0.3 is 9.64 Å². The van der Waals surface area contributed by atoms with Gasteiger partial charge in [-0.15, -0.1) is 0 Å². The molecular formula is C20H25FN4O. The topological polar surface area (TPSA) is 41.5 Å². The van der Waals surface area contributed by atoms with E-state index in [9.17, 15) is 4.39 Å². The largest absolute Gasteiger partial charge is 0.497 e. The lowest BCUT2D eigenvalue weighted by Gasteiger charge is -2.40. The molecule has 1 atom stereocenters. The predicted octanol–water partition coefficient (Wildman–Crippen LogP) is 3.12. The second-order valence-corrected chi connectivity index (χ2v) is 7.51. The second kappa shape index (κ2) is 7.19. The Morgan fingerprint density at radius 3 is 2.92 bits per heavy atom. The molecule has 1 aromatic carbocycles. The zero-order valence-electron chi connectivity index (χ0n) is 15.2. The first-order chi connectivity index (χ1) is 12.7. The quantitative estimate of drug-likeness (QED) is 0.842. The van der Waals surface area contributed by atoms with E-state index in [1.165, 1.54) is 12.5 Å². The number of halogens is 1. The molecule has 0 radical (unpaired) electrons. The fraction of sp³-hybridized carbons (Fsp3) is 0.500. The molecule has 3 heterocycles. The predicted molar refractivity (Wildman–Crippen MR) is 98.8 cm³/mol. The van der Waals surface area contributed by atoms with Crippen LogP contribution in [0.2, 0.25) is 0 Å². The monoisotopic (exact) mass is 356 g/mol. The van der Waals surface area contributed by atoms with Crippen LogP contribution in [0.3, 0.4) is 0 Å². The standard InChI is InChI=1S/C20H25FN4O/c1-26-17-3-4-18(21)16(11-17)13-24-9-2-5-20(14-24)6-10-25(15-20)19-12-22-7-8-23-19/h3-4,7-8,11-12H,2,5-6,9-10,13-15H2,1H3/t20-/m1/s1. The van der Waals surface area contributed by atoms with E-state index >= 15 is 0 Å². The molecule has 2 aromatic rings. The highest BCUT2D eigenvalue weighted by atomic mass is 19.1. The number of hydrogen-bond acceptors (Lipinski definition) is 5. The van der Waals surface area contributed by atoms with Crippen molar-refractivity contribution in [1.29, 1.82) is 0 Å². The molecule has 2 aliphatic heterocycles. The molecule has 1 spiro atoms. The summed E-state index contributed by atoms with van der Waals surface area (Å²) < 4.78 is 19.5. The molecule has 2 aliphatic rings. The summed E-state index contributed by atoms with van der Waals surface area (Å²) in [5.41, 5.74) is 0.982. The first kappa shape index (κ1) is 17.2. The van der Waals surface area contributed by atoms with Crippen molar-refractivity contribution in [3.8, 4) is 5.75 Å². The third-order valence-corrected chi connectivity index (χ3v) is 5.70. The number of methoxy groups -OCH3 is 1. The number of rotatable bonds is 4. The molecule has 0 bridgehead atoms. The minimum Gasteiger partial charge on any atom is -0.497 e. The molecule has 0 amide bonds. The van der Waals surface area contributed by atoms with Gasteiger partial charge in [0.05, 0.1) is 13.3 Å². The molecule has 0 saturated carbocycles. The number of ether oxygens (including phenoxy) is 1. The lowest BCUT2D eigenvalue weighted by Crippen LogP contribution is -2.44. The van der Waals surface area contributed by atoms with Gasteiger partial charge in [-0.3, -0.25) is 9.88 Å². The number of hydrogen-bond donors (Lipinski definition) is 0. The lowest BCUT2D eigenvalue weighted by molar-refractivity contribution is 0.0981. The minimum absolute atomic E-state index is 0.155. The highest BCUT2D eigenvalue weighted by Gasteiger charge is 2.41. The van der Waals surface area contributed by atoms with Gasteiger partial charge in [0.15, 0.2) is 0 Å². The van der Waals surface area contributed by atoms with Crippen LogP contribution in [0.5, 0.6) is 5.75 Å². The van der Waals surface area contributed by atoms with Crippen molar-refractivity contribution in [3.05, 3.63) is 48.2 Å². The van der Waals surface area contributed by atoms with Crippen LogP contribution in [-0.2, 0) is 6.54 Å². The van der Waals surface area contributed by atoms with Crippen molar-refractivity contribution in [2.45, 2.75) is 25.8 Å². The molecule has 138 valence electrons. The van der Waals surface area contributed by atoms with Gasteiger partial charge in [0.1, 0.15) is 17.4 Å². The Bertz CT molecular complexity index is 757. The second-order valence-electron chi connectivity index (χ2n) is 7.51. The minimum atomic E-state index is -0.155. The van der Waals surface area contributed by atoms with Gasteiger partial charge in [-0.1, -0.05) is 0 Å². The molecule has 4 rings (SSSR count). The fourth-order valence-corrected chi connectivity index (χ4v) is 4.40. The number of likely N-dealkylation sites (tertiary alicyclic amines) is 1. The van der Waals surface area contributed by atoms with E-state index in [1.54, 1.807) is 25.6 Å². The highest BCUT2D eigenvalue weighted by molar-refractivity contribution is 5.37. The van der Waals surface area contributed by atoms with Crippen molar-refractivity contribution in [2.24, 2.45) is 5.41 Å². The molecule has 0 N–H and O–H groups in total. The molecular weight excluding hydrogens is 331 g/mol. The van der Waals surface area contributed by atoms with Gasteiger partial charge in [-0.2, -0.15) is 0 Å². The molecule has 0 unspecified atom stereocenters. The number of benzene rings is 1. The third kappa shape index (κ3) is 3.51. The van der Waals surface area contributed by atoms with Gasteiger partial charge in [0, 0.05) is 49.6 Å². The third-order valence-electron chi connectivity index (χ3n) is 5.70. The van der Waals surface area contributed by atoms with Crippen LogP contribution >= 0.6 is 0 Å². The molecule has 2 saturated heterocycles. The number of nitrogens with zero attached hydrogens (tertiary/aromatic N) is 4. The first-order valence-corrected chi connectivity index (χ1v) is 9.23. The van der Waals surface area contributed by atoms with Crippen LogP contribution in [0, 0.1) is 11.2 Å². The fourth-order valence-electron chi connectivity index (χ4n) is 4.40. The number of aromatic nitrogens is 2. The van der Waals surface area contributed by atoms with Crippen molar-refractivity contribution in [2.75, 3.05) is 38.2 Å². The Kier molecular flexibility index (Phi) is 4.76. The molecule has 1 aromatic heterocycles. The van der Waals surface area contributed by atoms with Gasteiger partial charge in [-0.25, -0.2) is 9.37 Å². The van der Waals surface area contributed by atoms with Gasteiger partial charge in [0.25, 0.3) is 0 Å². The van der Waals surface area contributed by atoms with Crippen LogP contribution < -0.4 is 9.64 Å². The van der Waals surface area contributed by atoms with E-state index < -0.39 is 0 Å². The lowest BCUT2D eigenvalue weighted by atomic mass is 9.79. The maximum Gasteiger partial charge on any atom is 0.147 e. The summed E-state index contributed by atoms with van der Waals surface area (Å²) in [5.74, 6) is 1.51. The van der Waals surface area contributed by atoms with Crippen LogP contribution in [-0.4, -0.2) is 48.2 Å². The van der Waals surface area contributed by atoms with E-state index in [0.717, 1.165) is 44.8 Å². The first-order valence-electron chi connectivity index (χ1n) is 9.23. The summed E-state index contributed by atoms with van der Waals surface area (Å²) in [5, 5.41) is 0. The van der Waals surface area contributed by atoms with Gasteiger partial charge >= 0.3 is 0 Å². The summed E-state index contributed by atoms with van der Waals surface area (Å²) >= 11 is 0. The maximum atomic E-state index is 14.2. The zero-order valence-corrected chi connectivity index (χ0v) is 15.2. The van der Waals surface area contributed by atoms with Gasteiger partial charge in [0.2, 0.25) is 0 Å². The maximum absolute atomic E-state index is 14.2. The van der Waals surface area contributed by atoms with E-state index in [2.05, 4.69) is 19.8 Å². The summed E-state index contributed by atoms with van der Waals surface area (Å²) in [6, 6.07) is 4.99. The summed E-state index contributed by atoms with van der Waals surface area (Å²) in [4.78, 5) is 13.4. The SMILES string of the molecule is COc1ccc(F)c(CN2CCC[C@@]3(CCN(c4cnccn4)C3)C2)c1. The van der Waals surface area contributed by atoms with Crippen LogP contribution in [0.4, 0.5) is 10.2 Å². The van der Waals surface area contributed by atoms with Crippen LogP contribution in [0.1, 0.15) is 24.8 Å². The van der Waals surface area contributed by atoms with E-state index in [-0.39, 0.29) is 11.2 Å². The average Bonchev–Trinajstić information content (AvgIpc) is 3.07. The summed E-state index contributed by atoms with van der Waals surface area (Å²) in [6.45, 7) is 4.67. The van der Waals surface area contributed by atoms with Crippen molar-refractivity contribution in [3.63, 3.8) is 0 Å². The normalized spacial score (nSPS) is 23.5. The number of piperidine rings is 1. The molecule has 6 heteroatoms. The van der Waals surface area contributed by atoms with Gasteiger partial charge in [-0.05, 0) is 44.0 Å². The Morgan fingerprint density at radius 2 is 2.12 bits per heavy atom. The zero-order chi connectivity index (χ0) is 18.0. The summed E-state index contributed by atoms with van der Waals surface area (Å²) in [6.07, 6.45) is 8.83. The van der Waals surface area contributed by atoms with E-state index in [1.807, 2.05) is 12.3 Å². The van der Waals surface area contributed by atoms with Crippen molar-refractivity contribution in [1.82, 2.24) is 14.9 Å². The summed E-state index contributed by atoms with van der Waals surface area (Å²) in [7, 11) is 1.62. The Balaban J connectivity index is 1.45. The van der Waals surface area contributed by atoms with Crippen LogP contribution in [0.25, 0.3) is 0 Å². The Morgan fingerprint density at radius 1 is 1.19 bits per heavy atom. The molecule has 0 aliphatic carbocycles. The highest BCUT2D eigenvalue weighted by Crippen LogP contribution is 2.40. The molecule has 2 fully saturated rings. The van der Waals surface area contributed by atoms with Crippen molar-refractivity contribution >= 4 is 5.82 Å². The molecule has 5 nitrogen and oxygen atoms in total. The molecule has 26 heavy (non-hydrogen) atoms. The Labute approximate surface area is 153 Å². The number of anilines is 1. The average molecular weight is 356 g/mol. The van der Waals surface area contributed by atoms with E-state index in [4.69, 9.17) is 4.74 Å². The smallest absolute Gasteiger partial charge is 0.147 e. The Hall–Kier alpha value is -2.21. The van der Waals surface area contributed by atoms with Crippen molar-refractivity contribution < 1.29 is 9.13 Å². The van der Waals surface area contributed by atoms with E-state index in [0.29, 0.717) is 17.9 Å².